The third-order valence-corrected chi connectivity index (χ3v) is 2.44. The molecule has 0 aliphatic heterocycles. The van der Waals surface area contributed by atoms with Gasteiger partial charge in [-0.1, -0.05) is 0 Å². The molecular weight excluding hydrogens is 193 g/mol. The lowest BCUT2D eigenvalue weighted by atomic mass is 10.1. The Balaban J connectivity index is 3.21. The topological polar surface area (TPSA) is 20.3 Å². The number of carbonyl (C=O) groups excluding carboxylic acids is 1. The van der Waals surface area contributed by atoms with Crippen molar-refractivity contribution >= 4 is 11.5 Å². The average Bonchev–Trinajstić information content (AvgIpc) is 2.21. The first-order valence-electron chi connectivity index (χ1n) is 5.15. The smallest absolute Gasteiger partial charge is 0.161 e. The Morgan fingerprint density at radius 3 is 2.40 bits per heavy atom. The summed E-state index contributed by atoms with van der Waals surface area (Å²) in [5, 5.41) is 0. The van der Waals surface area contributed by atoms with Crippen LogP contribution in [0.2, 0.25) is 0 Å². The van der Waals surface area contributed by atoms with E-state index < -0.39 is 0 Å². The van der Waals surface area contributed by atoms with Crippen LogP contribution in [0.25, 0.3) is 0 Å². The van der Waals surface area contributed by atoms with Crippen LogP contribution in [0.5, 0.6) is 0 Å². The Hall–Kier alpha value is -1.38. The maximum atomic E-state index is 13.0. The lowest BCUT2D eigenvalue weighted by Gasteiger charge is -2.23. The lowest BCUT2D eigenvalue weighted by molar-refractivity contribution is 0.101. The second-order valence-corrected chi connectivity index (χ2v) is 3.39. The van der Waals surface area contributed by atoms with Crippen molar-refractivity contribution in [1.82, 2.24) is 0 Å². The first-order valence-corrected chi connectivity index (χ1v) is 5.15. The molecule has 0 atom stereocenters. The highest BCUT2D eigenvalue weighted by atomic mass is 19.1. The zero-order chi connectivity index (χ0) is 11.4. The van der Waals surface area contributed by atoms with Crippen LogP contribution in [0, 0.1) is 5.82 Å². The van der Waals surface area contributed by atoms with Crippen LogP contribution in [0.3, 0.4) is 0 Å². The van der Waals surface area contributed by atoms with Gasteiger partial charge in [-0.15, -0.1) is 0 Å². The predicted octanol–water partition coefficient (Wildman–Crippen LogP) is 2.87. The van der Waals surface area contributed by atoms with E-state index >= 15 is 0 Å². The van der Waals surface area contributed by atoms with Gasteiger partial charge in [0.05, 0.1) is 0 Å². The van der Waals surface area contributed by atoms with Gasteiger partial charge in [-0.25, -0.2) is 4.39 Å². The molecule has 0 aliphatic rings. The summed E-state index contributed by atoms with van der Waals surface area (Å²) in [5.41, 5.74) is 1.27. The monoisotopic (exact) mass is 209 g/mol. The summed E-state index contributed by atoms with van der Waals surface area (Å²) in [7, 11) is 0. The molecule has 0 radical (unpaired) electrons. The molecule has 0 saturated heterocycles. The van der Waals surface area contributed by atoms with E-state index in [1.165, 1.54) is 19.1 Å². The minimum Gasteiger partial charge on any atom is -0.372 e. The molecule has 0 fully saturated rings. The Bertz CT molecular complexity index is 359. The van der Waals surface area contributed by atoms with Gasteiger partial charge in [0.25, 0.3) is 0 Å². The highest BCUT2D eigenvalue weighted by Gasteiger charge is 2.12. The van der Waals surface area contributed by atoms with Crippen molar-refractivity contribution in [3.63, 3.8) is 0 Å². The maximum Gasteiger partial charge on any atom is 0.161 e. The minimum absolute atomic E-state index is 0.101. The molecule has 1 aromatic carbocycles. The van der Waals surface area contributed by atoms with Crippen LogP contribution in [0.15, 0.2) is 18.2 Å². The fourth-order valence-corrected chi connectivity index (χ4v) is 1.63. The van der Waals surface area contributed by atoms with E-state index in [-0.39, 0.29) is 11.6 Å². The van der Waals surface area contributed by atoms with E-state index in [0.717, 1.165) is 18.8 Å². The van der Waals surface area contributed by atoms with Crippen molar-refractivity contribution in [2.24, 2.45) is 0 Å². The van der Waals surface area contributed by atoms with Gasteiger partial charge in [0.1, 0.15) is 5.82 Å². The van der Waals surface area contributed by atoms with E-state index in [1.807, 2.05) is 18.7 Å². The molecule has 15 heavy (non-hydrogen) atoms. The number of benzene rings is 1. The molecule has 0 spiro atoms. The number of anilines is 1. The number of hydrogen-bond acceptors (Lipinski definition) is 2. The molecule has 1 rings (SSSR count). The summed E-state index contributed by atoms with van der Waals surface area (Å²) in [6.07, 6.45) is 0. The summed E-state index contributed by atoms with van der Waals surface area (Å²) in [4.78, 5) is 13.4. The predicted molar refractivity (Wildman–Crippen MR) is 60.0 cm³/mol. The Morgan fingerprint density at radius 1 is 1.33 bits per heavy atom. The van der Waals surface area contributed by atoms with Crippen LogP contribution in [0.4, 0.5) is 10.1 Å². The highest BCUT2D eigenvalue weighted by Crippen LogP contribution is 2.21. The van der Waals surface area contributed by atoms with Gasteiger partial charge < -0.3 is 4.90 Å². The van der Waals surface area contributed by atoms with E-state index in [9.17, 15) is 9.18 Å². The van der Waals surface area contributed by atoms with Crippen LogP contribution < -0.4 is 4.90 Å². The second-order valence-electron chi connectivity index (χ2n) is 3.39. The number of halogens is 1. The third-order valence-electron chi connectivity index (χ3n) is 2.44. The Kier molecular flexibility index (Phi) is 3.83. The van der Waals surface area contributed by atoms with Gasteiger partial charge in [-0.3, -0.25) is 4.79 Å². The summed E-state index contributed by atoms with van der Waals surface area (Å²) < 4.78 is 13.0. The second kappa shape index (κ2) is 4.91. The summed E-state index contributed by atoms with van der Waals surface area (Å²) >= 11 is 0. The van der Waals surface area contributed by atoms with Crippen molar-refractivity contribution in [1.29, 1.82) is 0 Å². The van der Waals surface area contributed by atoms with Crippen molar-refractivity contribution in [3.05, 3.63) is 29.6 Å². The summed E-state index contributed by atoms with van der Waals surface area (Å²) in [5.74, 6) is -0.465. The van der Waals surface area contributed by atoms with Crippen molar-refractivity contribution in [2.75, 3.05) is 18.0 Å². The van der Waals surface area contributed by atoms with Gasteiger partial charge >= 0.3 is 0 Å². The number of nitrogens with zero attached hydrogens (tertiary/aromatic N) is 1. The molecule has 1 aromatic rings. The van der Waals surface area contributed by atoms with Crippen LogP contribution >= 0.6 is 0 Å². The third kappa shape index (κ3) is 2.55. The molecule has 82 valence electrons. The molecule has 0 amide bonds. The maximum absolute atomic E-state index is 13.0. The number of Topliss-reactive ketones (excluding diaryl/α,β-unsaturated/α-hetero) is 1. The van der Waals surface area contributed by atoms with Crippen molar-refractivity contribution in [2.45, 2.75) is 20.8 Å². The molecule has 0 aromatic heterocycles. The van der Waals surface area contributed by atoms with Crippen LogP contribution in [0.1, 0.15) is 31.1 Å². The Labute approximate surface area is 89.7 Å². The van der Waals surface area contributed by atoms with Crippen molar-refractivity contribution in [3.8, 4) is 0 Å². The number of rotatable bonds is 4. The largest absolute Gasteiger partial charge is 0.372 e. The van der Waals surface area contributed by atoms with Crippen molar-refractivity contribution < 1.29 is 9.18 Å². The molecule has 0 bridgehead atoms. The Morgan fingerprint density at radius 2 is 1.93 bits per heavy atom. The number of hydrogen-bond donors (Lipinski definition) is 0. The van der Waals surface area contributed by atoms with Gasteiger partial charge in [-0.05, 0) is 39.0 Å². The normalized spacial score (nSPS) is 10.1. The molecule has 2 nitrogen and oxygen atoms in total. The quantitative estimate of drug-likeness (QED) is 0.711. The molecule has 0 aliphatic carbocycles. The minimum atomic E-state index is -0.365. The summed E-state index contributed by atoms with van der Waals surface area (Å²) in [6.45, 7) is 7.10. The van der Waals surface area contributed by atoms with E-state index in [0.29, 0.717) is 5.56 Å². The molecule has 3 heteroatoms. The SMILES string of the molecule is CCN(CC)c1ccc(F)cc1C(C)=O. The number of ketones is 1. The molecule has 0 saturated carbocycles. The van der Waals surface area contributed by atoms with Gasteiger partial charge in [0.15, 0.2) is 5.78 Å². The fraction of sp³-hybridized carbons (Fsp3) is 0.417. The lowest BCUT2D eigenvalue weighted by Crippen LogP contribution is -2.23. The average molecular weight is 209 g/mol. The van der Waals surface area contributed by atoms with Crippen LogP contribution in [-0.2, 0) is 0 Å². The zero-order valence-corrected chi connectivity index (χ0v) is 9.38. The van der Waals surface area contributed by atoms with Gasteiger partial charge in [0.2, 0.25) is 0 Å². The standard InChI is InChI=1S/C12H16FNO/c1-4-14(5-2)12-7-6-10(13)8-11(12)9(3)15/h6-8H,4-5H2,1-3H3. The van der Waals surface area contributed by atoms with Gasteiger partial charge in [0, 0.05) is 24.3 Å². The molecule has 0 heterocycles. The van der Waals surface area contributed by atoms with Gasteiger partial charge in [-0.2, -0.15) is 0 Å². The van der Waals surface area contributed by atoms with E-state index in [2.05, 4.69) is 0 Å². The first kappa shape index (κ1) is 11.7. The fourth-order valence-electron chi connectivity index (χ4n) is 1.63. The highest BCUT2D eigenvalue weighted by molar-refractivity contribution is 5.99. The summed E-state index contributed by atoms with van der Waals surface area (Å²) in [6, 6.07) is 4.36. The first-order chi connectivity index (χ1) is 7.10. The van der Waals surface area contributed by atoms with Crippen LogP contribution in [-0.4, -0.2) is 18.9 Å². The molecule has 0 unspecified atom stereocenters. The number of carbonyl (C=O) groups is 1. The molecular formula is C12H16FNO. The van der Waals surface area contributed by atoms with E-state index in [1.54, 1.807) is 6.07 Å². The zero-order valence-electron chi connectivity index (χ0n) is 9.38. The van der Waals surface area contributed by atoms with E-state index in [4.69, 9.17) is 0 Å². The molecule has 0 N–H and O–H groups in total.